The molecular formula is C51H64N4O8. The average Bonchev–Trinajstić information content (AvgIpc) is 3.22. The van der Waals surface area contributed by atoms with Gasteiger partial charge < -0.3 is 35.1 Å². The van der Waals surface area contributed by atoms with Crippen molar-refractivity contribution in [3.63, 3.8) is 0 Å². The number of nitrogens with one attached hydrogen (secondary N) is 3. The standard InChI is InChI=1S/C28H36N2O5.C23H28N2O3/c1-18-15-19(2)17-21(16-18)24(31)28(11-13-30(14-12-28)26(33)35-27(4,5)6)29-25(32)22-9-8-10-23(34-7)20(22)3;1-15-12-16(2)14-18(13-15)21(26)23(8-10-24-11-9-23)25-22(27)19-6-5-7-20(28-4)17(19)3/h8-10,15-17H,11-14H2,1-7H3,(H,29,32);5-7,12-14,24H,8-11H2,1-4H3,(H,25,27). The fourth-order valence-corrected chi connectivity index (χ4v) is 8.57. The monoisotopic (exact) mass is 860 g/mol. The molecule has 0 spiro atoms. The minimum absolute atomic E-state index is 0.0188. The Morgan fingerprint density at radius 3 is 1.33 bits per heavy atom. The average molecular weight is 861 g/mol. The molecule has 12 heteroatoms. The van der Waals surface area contributed by atoms with Crippen LogP contribution in [0.25, 0.3) is 0 Å². The number of rotatable bonds is 10. The molecule has 4 aromatic rings. The van der Waals surface area contributed by atoms with Crippen LogP contribution in [-0.4, -0.2) is 91.5 Å². The summed E-state index contributed by atoms with van der Waals surface area (Å²) >= 11 is 0. The van der Waals surface area contributed by atoms with Gasteiger partial charge in [0.15, 0.2) is 11.6 Å². The SMILES string of the molecule is COc1cccc(C(=O)NC2(C(=O)c3cc(C)cc(C)c3)CCN(C(=O)OC(C)(C)C)CC2)c1C.COc1cccc(C(=O)NC2(C(=O)c3cc(C)cc(C)c3)CCNCC2)c1C. The van der Waals surface area contributed by atoms with Crippen molar-refractivity contribution >= 4 is 29.5 Å². The lowest BCUT2D eigenvalue weighted by atomic mass is 9.79. The second-order valence-corrected chi connectivity index (χ2v) is 18.0. The van der Waals surface area contributed by atoms with E-state index in [2.05, 4.69) is 16.0 Å². The smallest absolute Gasteiger partial charge is 0.410 e. The summed E-state index contributed by atoms with van der Waals surface area (Å²) in [5.74, 6) is 0.511. The number of amides is 3. The van der Waals surface area contributed by atoms with Crippen LogP contribution in [0.5, 0.6) is 11.5 Å². The van der Waals surface area contributed by atoms with E-state index in [-0.39, 0.29) is 36.2 Å². The maximum Gasteiger partial charge on any atom is 0.410 e. The van der Waals surface area contributed by atoms with Gasteiger partial charge in [-0.1, -0.05) is 46.5 Å². The first-order chi connectivity index (χ1) is 29.7. The number of hydrogen-bond acceptors (Lipinski definition) is 9. The summed E-state index contributed by atoms with van der Waals surface area (Å²) < 4.78 is 16.2. The van der Waals surface area contributed by atoms with Gasteiger partial charge in [-0.25, -0.2) is 4.79 Å². The Bertz CT molecular complexity index is 2310. The molecule has 4 aromatic carbocycles. The highest BCUT2D eigenvalue weighted by molar-refractivity contribution is 6.09. The zero-order chi connectivity index (χ0) is 46.3. The van der Waals surface area contributed by atoms with E-state index in [4.69, 9.17) is 14.2 Å². The predicted octanol–water partition coefficient (Wildman–Crippen LogP) is 8.36. The number of Topliss-reactive ketones (excluding diaryl/α,β-unsaturated/α-hetero) is 2. The lowest BCUT2D eigenvalue weighted by Crippen LogP contribution is -2.61. The molecule has 2 aliphatic heterocycles. The lowest BCUT2D eigenvalue weighted by Gasteiger charge is -2.41. The number of piperidine rings is 2. The topological polar surface area (TPSA) is 152 Å². The zero-order valence-electron chi connectivity index (χ0n) is 38.8. The number of benzene rings is 4. The Morgan fingerprint density at radius 1 is 0.587 bits per heavy atom. The normalized spacial score (nSPS) is 15.5. The van der Waals surface area contributed by atoms with Gasteiger partial charge in [-0.05, 0) is 150 Å². The maximum absolute atomic E-state index is 13.9. The first kappa shape index (κ1) is 48.0. The molecule has 0 saturated carbocycles. The molecule has 0 atom stereocenters. The molecule has 0 aromatic heterocycles. The molecule has 2 heterocycles. The van der Waals surface area contributed by atoms with Gasteiger partial charge in [0, 0.05) is 46.5 Å². The first-order valence-electron chi connectivity index (χ1n) is 21.6. The van der Waals surface area contributed by atoms with Crippen LogP contribution in [0.4, 0.5) is 4.79 Å². The molecular weight excluding hydrogens is 797 g/mol. The van der Waals surface area contributed by atoms with Crippen LogP contribution >= 0.6 is 0 Å². The molecule has 63 heavy (non-hydrogen) atoms. The Kier molecular flexibility index (Phi) is 15.3. The third-order valence-corrected chi connectivity index (χ3v) is 11.8. The summed E-state index contributed by atoms with van der Waals surface area (Å²) in [4.78, 5) is 68.3. The molecule has 0 radical (unpaired) electrons. The molecule has 3 N–H and O–H groups in total. The lowest BCUT2D eigenvalue weighted by molar-refractivity contribution is 0.0148. The van der Waals surface area contributed by atoms with E-state index >= 15 is 0 Å². The largest absolute Gasteiger partial charge is 0.496 e. The van der Waals surface area contributed by atoms with Crippen LogP contribution in [0, 0.1) is 41.5 Å². The van der Waals surface area contributed by atoms with E-state index in [0.29, 0.717) is 78.3 Å². The third kappa shape index (κ3) is 11.5. The van der Waals surface area contributed by atoms with E-state index < -0.39 is 22.8 Å². The summed E-state index contributed by atoms with van der Waals surface area (Å²) in [6.07, 6.45) is 1.28. The number of methoxy groups -OCH3 is 2. The minimum Gasteiger partial charge on any atom is -0.496 e. The number of hydrogen-bond donors (Lipinski definition) is 3. The van der Waals surface area contributed by atoms with Crippen molar-refractivity contribution in [3.8, 4) is 11.5 Å². The first-order valence-corrected chi connectivity index (χ1v) is 21.6. The number of likely N-dealkylation sites (tertiary alicyclic amines) is 1. The van der Waals surface area contributed by atoms with Gasteiger partial charge in [0.05, 0.1) is 14.2 Å². The number of carbonyl (C=O) groups excluding carboxylic acids is 5. The summed E-state index contributed by atoms with van der Waals surface area (Å²) in [6.45, 7) is 18.9. The van der Waals surface area contributed by atoms with Gasteiger partial charge in [-0.2, -0.15) is 0 Å². The molecule has 2 fully saturated rings. The molecule has 6 rings (SSSR count). The third-order valence-electron chi connectivity index (χ3n) is 11.8. The van der Waals surface area contributed by atoms with Gasteiger partial charge in [-0.15, -0.1) is 0 Å². The van der Waals surface area contributed by atoms with E-state index in [9.17, 15) is 24.0 Å². The summed E-state index contributed by atoms with van der Waals surface area (Å²) in [6, 6.07) is 22.2. The number of carbonyl (C=O) groups is 5. The van der Waals surface area contributed by atoms with Gasteiger partial charge in [0.1, 0.15) is 28.2 Å². The Balaban J connectivity index is 0.000000243. The Morgan fingerprint density at radius 2 is 0.968 bits per heavy atom. The number of nitrogens with zero attached hydrogens (tertiary/aromatic N) is 1. The van der Waals surface area contributed by atoms with Gasteiger partial charge in [-0.3, -0.25) is 19.2 Å². The van der Waals surface area contributed by atoms with E-state index in [1.165, 1.54) is 0 Å². The number of ketones is 2. The van der Waals surface area contributed by atoms with Crippen molar-refractivity contribution in [3.05, 3.63) is 128 Å². The fraction of sp³-hybridized carbons (Fsp3) is 0.431. The second-order valence-electron chi connectivity index (χ2n) is 18.0. The Labute approximate surface area is 372 Å². The molecule has 2 saturated heterocycles. The van der Waals surface area contributed by atoms with E-state index in [1.54, 1.807) is 49.5 Å². The van der Waals surface area contributed by atoms with Crippen LogP contribution < -0.4 is 25.4 Å². The highest BCUT2D eigenvalue weighted by Crippen LogP contribution is 2.31. The fourth-order valence-electron chi connectivity index (χ4n) is 8.57. The van der Waals surface area contributed by atoms with Crippen LogP contribution in [0.2, 0.25) is 0 Å². The van der Waals surface area contributed by atoms with Gasteiger partial charge >= 0.3 is 6.09 Å². The van der Waals surface area contributed by atoms with E-state index in [1.807, 2.05) is 105 Å². The van der Waals surface area contributed by atoms with Crippen molar-refractivity contribution in [1.82, 2.24) is 20.9 Å². The predicted molar refractivity (Wildman–Crippen MR) is 245 cm³/mol. The molecule has 0 unspecified atom stereocenters. The zero-order valence-corrected chi connectivity index (χ0v) is 38.8. The molecule has 336 valence electrons. The van der Waals surface area contributed by atoms with Crippen molar-refractivity contribution < 1.29 is 38.2 Å². The van der Waals surface area contributed by atoms with Crippen molar-refractivity contribution in [2.24, 2.45) is 0 Å². The van der Waals surface area contributed by atoms with Crippen LogP contribution in [-0.2, 0) is 4.74 Å². The van der Waals surface area contributed by atoms with Crippen LogP contribution in [0.15, 0.2) is 72.8 Å². The molecule has 2 aliphatic rings. The molecule has 3 amide bonds. The highest BCUT2D eigenvalue weighted by Gasteiger charge is 2.45. The van der Waals surface area contributed by atoms with Crippen molar-refractivity contribution in [2.75, 3.05) is 40.4 Å². The summed E-state index contributed by atoms with van der Waals surface area (Å²) in [5, 5.41) is 9.44. The van der Waals surface area contributed by atoms with Gasteiger partial charge in [0.2, 0.25) is 0 Å². The number of ether oxygens (including phenoxy) is 3. The summed E-state index contributed by atoms with van der Waals surface area (Å²) in [7, 11) is 3.14. The molecule has 12 nitrogen and oxygen atoms in total. The highest BCUT2D eigenvalue weighted by atomic mass is 16.6. The van der Waals surface area contributed by atoms with Crippen LogP contribution in [0.3, 0.4) is 0 Å². The summed E-state index contributed by atoms with van der Waals surface area (Å²) in [5.41, 5.74) is 5.04. The quantitative estimate of drug-likeness (QED) is 0.134. The van der Waals surface area contributed by atoms with E-state index in [0.717, 1.165) is 27.8 Å². The minimum atomic E-state index is -1.15. The van der Waals surface area contributed by atoms with Gasteiger partial charge in [0.25, 0.3) is 11.8 Å². The molecule has 0 aliphatic carbocycles. The van der Waals surface area contributed by atoms with Crippen LogP contribution in [0.1, 0.15) is 121 Å². The maximum atomic E-state index is 13.9. The van der Waals surface area contributed by atoms with Crippen molar-refractivity contribution in [2.45, 2.75) is 105 Å². The molecule has 0 bridgehead atoms. The number of aryl methyl sites for hydroxylation is 4. The Hall–Kier alpha value is -6.01. The second kappa shape index (κ2) is 20.0. The van der Waals surface area contributed by atoms with Crippen molar-refractivity contribution in [1.29, 1.82) is 0 Å².